The molecule has 6 nitrogen and oxygen atoms in total. The number of nitrogens with zero attached hydrogens (tertiary/aromatic N) is 2. The van der Waals surface area contributed by atoms with Crippen LogP contribution >= 0.6 is 0 Å². The summed E-state index contributed by atoms with van der Waals surface area (Å²) in [6.45, 7) is 0.989. The zero-order chi connectivity index (χ0) is 13.9. The van der Waals surface area contributed by atoms with Gasteiger partial charge in [0.2, 0.25) is 5.88 Å². The van der Waals surface area contributed by atoms with Crippen molar-refractivity contribution in [1.29, 1.82) is 0 Å². The summed E-state index contributed by atoms with van der Waals surface area (Å²) < 4.78 is 10.3. The summed E-state index contributed by atoms with van der Waals surface area (Å²) in [4.78, 5) is 28.6. The van der Waals surface area contributed by atoms with Gasteiger partial charge < -0.3 is 14.1 Å². The molecule has 0 unspecified atom stereocenters. The van der Waals surface area contributed by atoms with Gasteiger partial charge in [-0.1, -0.05) is 6.07 Å². The Morgan fingerprint density at radius 1 is 1.30 bits per heavy atom. The number of amides is 1. The fourth-order valence-corrected chi connectivity index (χ4v) is 1.93. The number of pyridine rings is 1. The second-order valence-corrected chi connectivity index (χ2v) is 4.46. The van der Waals surface area contributed by atoms with Crippen molar-refractivity contribution in [2.24, 2.45) is 0 Å². The monoisotopic (exact) mass is 272 g/mol. The molecule has 2 aromatic rings. The number of carbonyl (C=O) groups is 1. The third-order valence-corrected chi connectivity index (χ3v) is 3.01. The maximum Gasteiger partial charge on any atom is 0.335 e. The smallest absolute Gasteiger partial charge is 0.335 e. The summed E-state index contributed by atoms with van der Waals surface area (Å²) in [5.41, 5.74) is -0.109. The Bertz CT molecular complexity index is 642. The highest BCUT2D eigenvalue weighted by molar-refractivity contribution is 5.94. The lowest BCUT2D eigenvalue weighted by Crippen LogP contribution is -2.56. The van der Waals surface area contributed by atoms with Crippen LogP contribution in [0.4, 0.5) is 0 Å². The van der Waals surface area contributed by atoms with Gasteiger partial charge in [0.05, 0.1) is 18.7 Å². The van der Waals surface area contributed by atoms with Crippen LogP contribution in [0, 0.1) is 0 Å². The molecule has 102 valence electrons. The number of hydrogen-bond donors (Lipinski definition) is 0. The number of ether oxygens (including phenoxy) is 1. The summed E-state index contributed by atoms with van der Waals surface area (Å²) >= 11 is 0. The average Bonchev–Trinajstić information content (AvgIpc) is 2.44. The largest absolute Gasteiger partial charge is 0.471 e. The van der Waals surface area contributed by atoms with E-state index in [4.69, 9.17) is 4.74 Å². The van der Waals surface area contributed by atoms with Gasteiger partial charge in [0.15, 0.2) is 0 Å². The van der Waals surface area contributed by atoms with Gasteiger partial charge in [-0.2, -0.15) is 0 Å². The SMILES string of the molecule is O=C(c1ccc(=O)oc1)N1CC(Oc2ccccn2)C1. The minimum Gasteiger partial charge on any atom is -0.471 e. The van der Waals surface area contributed by atoms with Crippen LogP contribution < -0.4 is 10.4 Å². The summed E-state index contributed by atoms with van der Waals surface area (Å²) in [5, 5.41) is 0. The molecular weight excluding hydrogens is 260 g/mol. The Balaban J connectivity index is 1.56. The van der Waals surface area contributed by atoms with Crippen molar-refractivity contribution in [3.8, 4) is 5.88 Å². The van der Waals surface area contributed by atoms with Crippen molar-refractivity contribution in [3.63, 3.8) is 0 Å². The van der Waals surface area contributed by atoms with Crippen LogP contribution in [0.5, 0.6) is 5.88 Å². The predicted molar refractivity (Wildman–Crippen MR) is 69.5 cm³/mol. The van der Waals surface area contributed by atoms with Gasteiger partial charge in [-0.3, -0.25) is 4.79 Å². The summed E-state index contributed by atoms with van der Waals surface area (Å²) in [7, 11) is 0. The van der Waals surface area contributed by atoms with Crippen molar-refractivity contribution in [3.05, 3.63) is 58.8 Å². The Morgan fingerprint density at radius 3 is 2.80 bits per heavy atom. The normalized spacial score (nSPS) is 14.7. The molecule has 0 N–H and O–H groups in total. The Hall–Kier alpha value is -2.63. The van der Waals surface area contributed by atoms with Crippen molar-refractivity contribution < 1.29 is 13.9 Å². The first kappa shape index (κ1) is 12.4. The van der Waals surface area contributed by atoms with Crippen molar-refractivity contribution in [2.75, 3.05) is 13.1 Å². The van der Waals surface area contributed by atoms with Gasteiger partial charge >= 0.3 is 5.63 Å². The molecule has 0 aliphatic carbocycles. The van der Waals surface area contributed by atoms with Crippen molar-refractivity contribution in [2.45, 2.75) is 6.10 Å². The highest BCUT2D eigenvalue weighted by Gasteiger charge is 2.33. The second kappa shape index (κ2) is 5.16. The molecule has 6 heteroatoms. The standard InChI is InChI=1S/C14H12N2O4/c17-13-5-4-10(9-19-13)14(18)16-7-11(8-16)20-12-3-1-2-6-15-12/h1-6,9,11H,7-8H2. The van der Waals surface area contributed by atoms with E-state index in [9.17, 15) is 9.59 Å². The highest BCUT2D eigenvalue weighted by atomic mass is 16.5. The fraction of sp³-hybridized carbons (Fsp3) is 0.214. The number of carbonyl (C=O) groups excluding carboxylic acids is 1. The van der Waals surface area contributed by atoms with E-state index < -0.39 is 5.63 Å². The Labute approximate surface area is 114 Å². The van der Waals surface area contributed by atoms with Crippen molar-refractivity contribution in [1.82, 2.24) is 9.88 Å². The van der Waals surface area contributed by atoms with Crippen LogP contribution in [0.25, 0.3) is 0 Å². The molecule has 1 aliphatic rings. The highest BCUT2D eigenvalue weighted by Crippen LogP contribution is 2.17. The topological polar surface area (TPSA) is 72.6 Å². The summed E-state index contributed by atoms with van der Waals surface area (Å²) in [6.07, 6.45) is 2.78. The molecule has 3 heterocycles. The van der Waals surface area contributed by atoms with Gasteiger partial charge in [0, 0.05) is 18.3 Å². The second-order valence-electron chi connectivity index (χ2n) is 4.46. The predicted octanol–water partition coefficient (Wildman–Crippen LogP) is 0.938. The molecule has 0 bridgehead atoms. The number of hydrogen-bond acceptors (Lipinski definition) is 5. The van der Waals surface area contributed by atoms with Crippen LogP contribution in [-0.4, -0.2) is 35.0 Å². The molecule has 0 saturated carbocycles. The van der Waals surface area contributed by atoms with E-state index in [0.717, 1.165) is 0 Å². The van der Waals surface area contributed by atoms with Crippen LogP contribution in [0.3, 0.4) is 0 Å². The molecule has 1 saturated heterocycles. The number of aromatic nitrogens is 1. The zero-order valence-electron chi connectivity index (χ0n) is 10.6. The first-order chi connectivity index (χ1) is 9.72. The summed E-state index contributed by atoms with van der Waals surface area (Å²) in [6, 6.07) is 8.12. The van der Waals surface area contributed by atoms with E-state index >= 15 is 0 Å². The average molecular weight is 272 g/mol. The van der Waals surface area contributed by atoms with Gasteiger partial charge in [-0.25, -0.2) is 9.78 Å². The zero-order valence-corrected chi connectivity index (χ0v) is 10.6. The molecule has 20 heavy (non-hydrogen) atoms. The lowest BCUT2D eigenvalue weighted by molar-refractivity contribution is 0.0158. The van der Waals surface area contributed by atoms with E-state index in [1.54, 1.807) is 17.2 Å². The fourth-order valence-electron chi connectivity index (χ4n) is 1.93. The van der Waals surface area contributed by atoms with Gasteiger partial charge in [-0.05, 0) is 12.1 Å². The quantitative estimate of drug-likeness (QED) is 0.831. The lowest BCUT2D eigenvalue weighted by atomic mass is 10.1. The first-order valence-electron chi connectivity index (χ1n) is 6.18. The molecule has 1 fully saturated rings. The van der Waals surface area contributed by atoms with E-state index in [2.05, 4.69) is 9.40 Å². The first-order valence-corrected chi connectivity index (χ1v) is 6.18. The van der Waals surface area contributed by atoms with Gasteiger partial charge in [0.1, 0.15) is 12.4 Å². The van der Waals surface area contributed by atoms with Gasteiger partial charge in [0.25, 0.3) is 5.91 Å². The Kier molecular flexibility index (Phi) is 3.20. The van der Waals surface area contributed by atoms with Gasteiger partial charge in [-0.15, -0.1) is 0 Å². The summed E-state index contributed by atoms with van der Waals surface area (Å²) in [5.74, 6) is 0.380. The molecule has 3 rings (SSSR count). The number of rotatable bonds is 3. The van der Waals surface area contributed by atoms with Crippen LogP contribution in [0.2, 0.25) is 0 Å². The minimum atomic E-state index is -0.471. The minimum absolute atomic E-state index is 0.0513. The lowest BCUT2D eigenvalue weighted by Gasteiger charge is -2.38. The van der Waals surface area contributed by atoms with E-state index in [-0.39, 0.29) is 12.0 Å². The molecule has 0 atom stereocenters. The molecular formula is C14H12N2O4. The van der Waals surface area contributed by atoms with E-state index in [0.29, 0.717) is 24.5 Å². The van der Waals surface area contributed by atoms with Crippen LogP contribution in [0.1, 0.15) is 10.4 Å². The molecule has 2 aromatic heterocycles. The van der Waals surface area contributed by atoms with Crippen LogP contribution in [0.15, 0.2) is 52.0 Å². The number of likely N-dealkylation sites (tertiary alicyclic amines) is 1. The molecule has 0 radical (unpaired) electrons. The molecule has 0 aromatic carbocycles. The molecule has 1 amide bonds. The third-order valence-electron chi connectivity index (χ3n) is 3.01. The molecule has 0 spiro atoms. The maximum atomic E-state index is 12.0. The van der Waals surface area contributed by atoms with Crippen LogP contribution in [-0.2, 0) is 0 Å². The van der Waals surface area contributed by atoms with E-state index in [1.165, 1.54) is 18.4 Å². The Morgan fingerprint density at radius 2 is 2.15 bits per heavy atom. The van der Waals surface area contributed by atoms with Crippen molar-refractivity contribution >= 4 is 5.91 Å². The maximum absolute atomic E-state index is 12.0. The molecule has 1 aliphatic heterocycles. The third kappa shape index (κ3) is 2.54. The van der Waals surface area contributed by atoms with E-state index in [1.807, 2.05) is 12.1 Å².